The molecule has 0 bridgehead atoms. The molecule has 20 heavy (non-hydrogen) atoms. The monoisotopic (exact) mass is 301 g/mol. The number of benzene rings is 1. The average molecular weight is 301 g/mol. The molecule has 1 rings (SSSR count). The van der Waals surface area contributed by atoms with Crippen molar-refractivity contribution < 1.29 is 28.2 Å². The predicted molar refractivity (Wildman–Crippen MR) is 70.8 cm³/mol. The van der Waals surface area contributed by atoms with Gasteiger partial charge in [-0.3, -0.25) is 9.59 Å². The quantitative estimate of drug-likeness (QED) is 0.700. The molecular weight excluding hydrogens is 286 g/mol. The zero-order chi connectivity index (χ0) is 15.2. The van der Waals surface area contributed by atoms with Crippen molar-refractivity contribution in [3.63, 3.8) is 0 Å². The molecule has 0 atom stereocenters. The number of carboxylic acids is 2. The fourth-order valence-electron chi connectivity index (χ4n) is 1.57. The summed E-state index contributed by atoms with van der Waals surface area (Å²) in [4.78, 5) is 21.2. The summed E-state index contributed by atoms with van der Waals surface area (Å²) in [5.74, 6) is -3.12. The van der Waals surface area contributed by atoms with Crippen LogP contribution in [0.4, 0.5) is 0 Å². The Morgan fingerprint density at radius 1 is 1.00 bits per heavy atom. The Bertz CT molecular complexity index is 553. The first-order chi connectivity index (χ1) is 9.31. The van der Waals surface area contributed by atoms with E-state index in [0.29, 0.717) is 4.31 Å². The number of sulfonamides is 1. The van der Waals surface area contributed by atoms with E-state index in [1.165, 1.54) is 0 Å². The second-order valence-corrected chi connectivity index (χ2v) is 6.20. The topological polar surface area (TPSA) is 112 Å². The molecule has 0 amide bonds. The maximum absolute atomic E-state index is 12.0. The van der Waals surface area contributed by atoms with Gasteiger partial charge in [0.1, 0.15) is 13.1 Å². The molecule has 0 aliphatic heterocycles. The van der Waals surface area contributed by atoms with E-state index in [1.807, 2.05) is 0 Å². The zero-order valence-corrected chi connectivity index (χ0v) is 11.4. The van der Waals surface area contributed by atoms with Crippen LogP contribution in [0.2, 0.25) is 0 Å². The van der Waals surface area contributed by atoms with Crippen molar-refractivity contribution in [1.29, 1.82) is 0 Å². The molecule has 0 saturated heterocycles. The highest BCUT2D eigenvalue weighted by atomic mass is 32.2. The van der Waals surface area contributed by atoms with Crippen molar-refractivity contribution in [1.82, 2.24) is 4.31 Å². The molecule has 0 aromatic heterocycles. The maximum Gasteiger partial charge on any atom is 0.318 e. The van der Waals surface area contributed by atoms with E-state index in [4.69, 9.17) is 10.2 Å². The van der Waals surface area contributed by atoms with Crippen molar-refractivity contribution in [2.24, 2.45) is 0 Å². The molecular formula is C12H15NO6S. The first-order valence-corrected chi connectivity index (χ1v) is 7.37. The number of hydrogen-bond donors (Lipinski definition) is 2. The van der Waals surface area contributed by atoms with Crippen LogP contribution in [0, 0.1) is 0 Å². The number of carboxylic acid groups (broad SMARTS) is 2. The SMILES string of the molecule is O=C(O)CN(CC(=O)O)S(=O)(=O)CCc1ccccc1. The molecule has 0 aliphatic rings. The maximum atomic E-state index is 12.0. The van der Waals surface area contributed by atoms with Crippen LogP contribution in [-0.4, -0.2) is 53.7 Å². The summed E-state index contributed by atoms with van der Waals surface area (Å²) >= 11 is 0. The highest BCUT2D eigenvalue weighted by Crippen LogP contribution is 2.07. The van der Waals surface area contributed by atoms with Crippen LogP contribution >= 0.6 is 0 Å². The van der Waals surface area contributed by atoms with Gasteiger partial charge in [-0.1, -0.05) is 30.3 Å². The molecule has 1 aromatic rings. The van der Waals surface area contributed by atoms with Gasteiger partial charge in [0.2, 0.25) is 10.0 Å². The molecule has 0 unspecified atom stereocenters. The van der Waals surface area contributed by atoms with Gasteiger partial charge >= 0.3 is 11.9 Å². The molecule has 0 fully saturated rings. The Morgan fingerprint density at radius 2 is 1.50 bits per heavy atom. The third kappa shape index (κ3) is 5.37. The Kier molecular flexibility index (Phi) is 5.66. The van der Waals surface area contributed by atoms with Gasteiger partial charge in [0, 0.05) is 0 Å². The fourth-order valence-corrected chi connectivity index (χ4v) is 2.94. The molecule has 0 radical (unpaired) electrons. The summed E-state index contributed by atoms with van der Waals surface area (Å²) in [6.45, 7) is -1.72. The molecule has 1 aromatic carbocycles. The highest BCUT2D eigenvalue weighted by Gasteiger charge is 2.26. The van der Waals surface area contributed by atoms with Crippen LogP contribution in [0.3, 0.4) is 0 Å². The average Bonchev–Trinajstić information content (AvgIpc) is 2.36. The highest BCUT2D eigenvalue weighted by molar-refractivity contribution is 7.89. The van der Waals surface area contributed by atoms with Gasteiger partial charge in [0.25, 0.3) is 0 Å². The summed E-state index contributed by atoms with van der Waals surface area (Å²) in [6.07, 6.45) is 0.193. The van der Waals surface area contributed by atoms with Gasteiger partial charge in [-0.15, -0.1) is 0 Å². The normalized spacial score (nSPS) is 11.4. The van der Waals surface area contributed by atoms with E-state index in [-0.39, 0.29) is 12.2 Å². The molecule has 8 heteroatoms. The third-order valence-corrected chi connectivity index (χ3v) is 4.27. The summed E-state index contributed by atoms with van der Waals surface area (Å²) in [6, 6.07) is 8.80. The molecule has 0 aliphatic carbocycles. The second kappa shape index (κ2) is 7.01. The first kappa shape index (κ1) is 16.1. The summed E-state index contributed by atoms with van der Waals surface area (Å²) in [5, 5.41) is 17.3. The first-order valence-electron chi connectivity index (χ1n) is 5.76. The summed E-state index contributed by atoms with van der Waals surface area (Å²) in [5.41, 5.74) is 0.779. The van der Waals surface area contributed by atoms with Gasteiger partial charge < -0.3 is 10.2 Å². The summed E-state index contributed by atoms with van der Waals surface area (Å²) in [7, 11) is -3.94. The fraction of sp³-hybridized carbons (Fsp3) is 0.333. The Hall–Kier alpha value is -1.93. The van der Waals surface area contributed by atoms with Gasteiger partial charge in [0.15, 0.2) is 0 Å². The second-order valence-electron chi connectivity index (χ2n) is 4.11. The van der Waals surface area contributed by atoms with E-state index in [0.717, 1.165) is 5.56 Å². The Labute approximate surface area is 116 Å². The standard InChI is InChI=1S/C12H15NO6S/c14-11(15)8-13(9-12(16)17)20(18,19)7-6-10-4-2-1-3-5-10/h1-5H,6-9H2,(H,14,15)(H,16,17). The lowest BCUT2D eigenvalue weighted by Gasteiger charge is -2.18. The van der Waals surface area contributed by atoms with Gasteiger partial charge in [-0.2, -0.15) is 4.31 Å². The van der Waals surface area contributed by atoms with Crippen molar-refractivity contribution >= 4 is 22.0 Å². The number of nitrogens with zero attached hydrogens (tertiary/aromatic N) is 1. The van der Waals surface area contributed by atoms with Crippen LogP contribution in [0.5, 0.6) is 0 Å². The lowest BCUT2D eigenvalue weighted by molar-refractivity contribution is -0.139. The molecule has 2 N–H and O–H groups in total. The number of carbonyl (C=O) groups is 2. The largest absolute Gasteiger partial charge is 0.480 e. The van der Waals surface area contributed by atoms with Crippen LogP contribution in [-0.2, 0) is 26.0 Å². The van der Waals surface area contributed by atoms with E-state index in [1.54, 1.807) is 30.3 Å². The molecule has 0 saturated carbocycles. The van der Waals surface area contributed by atoms with Crippen molar-refractivity contribution in [2.75, 3.05) is 18.8 Å². The van der Waals surface area contributed by atoms with Gasteiger partial charge in [-0.05, 0) is 12.0 Å². The lowest BCUT2D eigenvalue weighted by Crippen LogP contribution is -2.40. The zero-order valence-electron chi connectivity index (χ0n) is 10.6. The van der Waals surface area contributed by atoms with Crippen LogP contribution in [0.1, 0.15) is 5.56 Å². The molecule has 110 valence electrons. The minimum absolute atomic E-state index is 0.193. The molecule has 0 spiro atoms. The van der Waals surface area contributed by atoms with Crippen LogP contribution in [0.25, 0.3) is 0 Å². The number of rotatable bonds is 8. The Balaban J connectivity index is 2.76. The number of aliphatic carboxylic acids is 2. The predicted octanol–water partition coefficient (Wildman–Crippen LogP) is 0.0301. The molecule has 7 nitrogen and oxygen atoms in total. The minimum Gasteiger partial charge on any atom is -0.480 e. The van der Waals surface area contributed by atoms with Gasteiger partial charge in [-0.25, -0.2) is 8.42 Å². The van der Waals surface area contributed by atoms with E-state index < -0.39 is 35.1 Å². The van der Waals surface area contributed by atoms with Crippen molar-refractivity contribution in [3.05, 3.63) is 35.9 Å². The van der Waals surface area contributed by atoms with Crippen molar-refractivity contribution in [2.45, 2.75) is 6.42 Å². The van der Waals surface area contributed by atoms with E-state index in [9.17, 15) is 18.0 Å². The van der Waals surface area contributed by atoms with Crippen molar-refractivity contribution in [3.8, 4) is 0 Å². The van der Waals surface area contributed by atoms with E-state index in [2.05, 4.69) is 0 Å². The number of hydrogen-bond acceptors (Lipinski definition) is 4. The Morgan fingerprint density at radius 3 is 1.95 bits per heavy atom. The molecule has 0 heterocycles. The third-order valence-electron chi connectivity index (χ3n) is 2.51. The smallest absolute Gasteiger partial charge is 0.318 e. The van der Waals surface area contributed by atoms with E-state index >= 15 is 0 Å². The van der Waals surface area contributed by atoms with Crippen LogP contribution in [0.15, 0.2) is 30.3 Å². The van der Waals surface area contributed by atoms with Crippen LogP contribution < -0.4 is 0 Å². The minimum atomic E-state index is -3.94. The van der Waals surface area contributed by atoms with Gasteiger partial charge in [0.05, 0.1) is 5.75 Å². The number of aryl methyl sites for hydroxylation is 1. The lowest BCUT2D eigenvalue weighted by atomic mass is 10.2. The summed E-state index contributed by atoms with van der Waals surface area (Å²) < 4.78 is 24.4.